The van der Waals surface area contributed by atoms with Crippen molar-refractivity contribution in [3.05, 3.63) is 28.2 Å². The quantitative estimate of drug-likeness (QED) is 0.841. The van der Waals surface area contributed by atoms with Gasteiger partial charge in [0.1, 0.15) is 0 Å². The lowest BCUT2D eigenvalue weighted by atomic mass is 10.1. The zero-order valence-corrected chi connectivity index (χ0v) is 13.0. The molecule has 1 aromatic carbocycles. The summed E-state index contributed by atoms with van der Waals surface area (Å²) >= 11 is 3.50. The largest absolute Gasteiger partial charge is 0.377 e. The molecule has 0 aliphatic rings. The minimum Gasteiger partial charge on any atom is -0.377 e. The highest BCUT2D eigenvalue weighted by atomic mass is 79.9. The van der Waals surface area contributed by atoms with Gasteiger partial charge in [0.2, 0.25) is 0 Å². The Labute approximate surface area is 118 Å². The summed E-state index contributed by atoms with van der Waals surface area (Å²) in [7, 11) is 2.09. The summed E-state index contributed by atoms with van der Waals surface area (Å²) in [5, 5.41) is 0. The van der Waals surface area contributed by atoms with Gasteiger partial charge in [-0.2, -0.15) is 0 Å². The second kappa shape index (κ2) is 7.77. The van der Waals surface area contributed by atoms with Crippen molar-refractivity contribution in [1.82, 2.24) is 0 Å². The lowest BCUT2D eigenvalue weighted by Gasteiger charge is -2.23. The van der Waals surface area contributed by atoms with Crippen LogP contribution in [0.5, 0.6) is 0 Å². The fourth-order valence-electron chi connectivity index (χ4n) is 1.83. The van der Waals surface area contributed by atoms with Gasteiger partial charge in [-0.05, 0) is 50.6 Å². The lowest BCUT2D eigenvalue weighted by molar-refractivity contribution is 0.0846. The van der Waals surface area contributed by atoms with Crippen LogP contribution in [0.25, 0.3) is 0 Å². The highest BCUT2D eigenvalue weighted by molar-refractivity contribution is 9.10. The maximum atomic E-state index is 5.66. The number of nitrogens with zero attached hydrogens (tertiary/aromatic N) is 1. The Hall–Kier alpha value is -0.580. The molecule has 0 bridgehead atoms. The van der Waals surface area contributed by atoms with E-state index in [1.165, 1.54) is 11.3 Å². The van der Waals surface area contributed by atoms with Crippen molar-refractivity contribution in [2.45, 2.75) is 26.4 Å². The van der Waals surface area contributed by atoms with Crippen LogP contribution >= 0.6 is 15.9 Å². The SMILES string of the molecule is CC(C)OCCN(C)c1ccc(Br)cc1CCN. The van der Waals surface area contributed by atoms with E-state index < -0.39 is 0 Å². The molecule has 0 aromatic heterocycles. The molecular formula is C14H23BrN2O. The van der Waals surface area contributed by atoms with Crippen molar-refractivity contribution in [3.8, 4) is 0 Å². The van der Waals surface area contributed by atoms with Crippen molar-refractivity contribution in [2.24, 2.45) is 5.73 Å². The number of hydrogen-bond donors (Lipinski definition) is 1. The number of rotatable bonds is 7. The van der Waals surface area contributed by atoms with Crippen molar-refractivity contribution < 1.29 is 4.74 Å². The number of halogens is 1. The molecule has 1 rings (SSSR count). The minimum absolute atomic E-state index is 0.284. The van der Waals surface area contributed by atoms with Gasteiger partial charge in [-0.1, -0.05) is 15.9 Å². The molecule has 0 fully saturated rings. The first-order valence-corrected chi connectivity index (χ1v) is 7.15. The minimum atomic E-state index is 0.284. The van der Waals surface area contributed by atoms with Crippen molar-refractivity contribution in [2.75, 3.05) is 31.6 Å². The van der Waals surface area contributed by atoms with Gasteiger partial charge < -0.3 is 15.4 Å². The van der Waals surface area contributed by atoms with Crippen LogP contribution in [0.4, 0.5) is 5.69 Å². The Morgan fingerprint density at radius 3 is 2.72 bits per heavy atom. The van der Waals surface area contributed by atoms with E-state index in [1.807, 2.05) is 0 Å². The van der Waals surface area contributed by atoms with Crippen molar-refractivity contribution in [3.63, 3.8) is 0 Å². The molecule has 0 spiro atoms. The molecule has 0 radical (unpaired) electrons. The zero-order valence-electron chi connectivity index (χ0n) is 11.4. The average molecular weight is 315 g/mol. The van der Waals surface area contributed by atoms with E-state index in [4.69, 9.17) is 10.5 Å². The smallest absolute Gasteiger partial charge is 0.0644 e. The molecule has 18 heavy (non-hydrogen) atoms. The zero-order chi connectivity index (χ0) is 13.5. The molecule has 0 unspecified atom stereocenters. The van der Waals surface area contributed by atoms with Gasteiger partial charge in [0, 0.05) is 23.8 Å². The van der Waals surface area contributed by atoms with Crippen LogP contribution in [0.15, 0.2) is 22.7 Å². The predicted octanol–water partition coefficient (Wildman–Crippen LogP) is 2.81. The van der Waals surface area contributed by atoms with Gasteiger partial charge in [-0.25, -0.2) is 0 Å². The molecule has 0 aliphatic carbocycles. The monoisotopic (exact) mass is 314 g/mol. The summed E-state index contributed by atoms with van der Waals surface area (Å²) in [6.07, 6.45) is 1.18. The fourth-order valence-corrected chi connectivity index (χ4v) is 2.24. The van der Waals surface area contributed by atoms with Crippen LogP contribution in [-0.2, 0) is 11.2 Å². The summed E-state index contributed by atoms with van der Waals surface area (Å²) in [5.74, 6) is 0. The molecule has 0 atom stereocenters. The predicted molar refractivity (Wildman–Crippen MR) is 81.3 cm³/mol. The third-order valence-corrected chi connectivity index (χ3v) is 3.24. The standard InChI is InChI=1S/C14H23BrN2O/c1-11(2)18-9-8-17(3)14-5-4-13(15)10-12(14)6-7-16/h4-5,10-11H,6-9,16H2,1-3H3. The molecule has 4 heteroatoms. The van der Waals surface area contributed by atoms with E-state index in [1.54, 1.807) is 0 Å². The Balaban J connectivity index is 2.68. The molecule has 0 saturated heterocycles. The molecule has 0 amide bonds. The molecule has 0 heterocycles. The first-order chi connectivity index (χ1) is 8.54. The van der Waals surface area contributed by atoms with Crippen LogP contribution < -0.4 is 10.6 Å². The maximum Gasteiger partial charge on any atom is 0.0644 e. The van der Waals surface area contributed by atoms with Crippen molar-refractivity contribution >= 4 is 21.6 Å². The second-order valence-corrected chi connectivity index (χ2v) is 5.57. The van der Waals surface area contributed by atoms with E-state index in [9.17, 15) is 0 Å². The Kier molecular flexibility index (Phi) is 6.68. The third kappa shape index (κ3) is 4.96. The highest BCUT2D eigenvalue weighted by Crippen LogP contribution is 2.24. The fraction of sp³-hybridized carbons (Fsp3) is 0.571. The summed E-state index contributed by atoms with van der Waals surface area (Å²) in [4.78, 5) is 2.22. The Bertz CT molecular complexity index is 369. The van der Waals surface area contributed by atoms with Gasteiger partial charge in [-0.15, -0.1) is 0 Å². The molecule has 102 valence electrons. The molecular weight excluding hydrogens is 292 g/mol. The number of hydrogen-bond acceptors (Lipinski definition) is 3. The number of likely N-dealkylation sites (N-methyl/N-ethyl adjacent to an activating group) is 1. The Morgan fingerprint density at radius 1 is 1.39 bits per heavy atom. The topological polar surface area (TPSA) is 38.5 Å². The number of nitrogens with two attached hydrogens (primary N) is 1. The number of benzene rings is 1. The van der Waals surface area contributed by atoms with Gasteiger partial charge >= 0.3 is 0 Å². The first kappa shape index (κ1) is 15.5. The summed E-state index contributed by atoms with van der Waals surface area (Å²) in [6, 6.07) is 6.33. The Morgan fingerprint density at radius 2 is 2.11 bits per heavy atom. The summed E-state index contributed by atoms with van der Waals surface area (Å²) in [6.45, 7) is 6.41. The van der Waals surface area contributed by atoms with Crippen molar-refractivity contribution in [1.29, 1.82) is 0 Å². The molecule has 1 aromatic rings. The molecule has 3 nitrogen and oxygen atoms in total. The van der Waals surface area contributed by atoms with Gasteiger partial charge in [-0.3, -0.25) is 0 Å². The number of ether oxygens (including phenoxy) is 1. The van der Waals surface area contributed by atoms with Gasteiger partial charge in [0.15, 0.2) is 0 Å². The van der Waals surface area contributed by atoms with E-state index >= 15 is 0 Å². The van der Waals surface area contributed by atoms with Crippen LogP contribution in [-0.4, -0.2) is 32.8 Å². The highest BCUT2D eigenvalue weighted by Gasteiger charge is 2.08. The molecule has 0 aliphatic heterocycles. The van der Waals surface area contributed by atoms with Gasteiger partial charge in [0.25, 0.3) is 0 Å². The van der Waals surface area contributed by atoms with Crippen LogP contribution in [0.1, 0.15) is 19.4 Å². The average Bonchev–Trinajstić information content (AvgIpc) is 2.29. The second-order valence-electron chi connectivity index (χ2n) is 4.65. The maximum absolute atomic E-state index is 5.66. The van der Waals surface area contributed by atoms with E-state index in [0.29, 0.717) is 6.54 Å². The van der Waals surface area contributed by atoms with Gasteiger partial charge in [0.05, 0.1) is 12.7 Å². The summed E-state index contributed by atoms with van der Waals surface area (Å²) < 4.78 is 6.68. The van der Waals surface area contributed by atoms with E-state index in [-0.39, 0.29) is 6.10 Å². The normalized spacial score (nSPS) is 11.0. The van der Waals surface area contributed by atoms with E-state index in [2.05, 4.69) is 59.9 Å². The number of anilines is 1. The first-order valence-electron chi connectivity index (χ1n) is 6.35. The van der Waals surface area contributed by atoms with Crippen LogP contribution in [0, 0.1) is 0 Å². The molecule has 0 saturated carbocycles. The lowest BCUT2D eigenvalue weighted by Crippen LogP contribution is -2.25. The van der Waals surface area contributed by atoms with Crippen LogP contribution in [0.2, 0.25) is 0 Å². The van der Waals surface area contributed by atoms with E-state index in [0.717, 1.165) is 24.0 Å². The third-order valence-electron chi connectivity index (χ3n) is 2.74. The summed E-state index contributed by atoms with van der Waals surface area (Å²) in [5.41, 5.74) is 8.17. The van der Waals surface area contributed by atoms with Crippen LogP contribution in [0.3, 0.4) is 0 Å². The molecule has 2 N–H and O–H groups in total.